The van der Waals surface area contributed by atoms with Crippen LogP contribution in [0.4, 0.5) is 4.39 Å². The predicted octanol–water partition coefficient (Wildman–Crippen LogP) is 3.17. The molecule has 1 N–H and O–H groups in total. The third-order valence-electron chi connectivity index (χ3n) is 1.95. The Morgan fingerprint density at radius 2 is 1.94 bits per heavy atom. The average molecular weight is 246 g/mol. The molecule has 0 aromatic heterocycles. The van der Waals surface area contributed by atoms with E-state index in [1.807, 2.05) is 0 Å². The number of benzene rings is 1. The molecule has 0 atom stereocenters. The largest absolute Gasteiger partial charge is 0.501 e. The number of hydrogen-bond donors (Lipinski definition) is 1. The molecule has 1 aromatic carbocycles. The van der Waals surface area contributed by atoms with Gasteiger partial charge < -0.3 is 14.2 Å². The van der Waals surface area contributed by atoms with Crippen molar-refractivity contribution in [1.82, 2.24) is 0 Å². The van der Waals surface area contributed by atoms with Crippen molar-refractivity contribution in [2.24, 2.45) is 0 Å². The summed E-state index contributed by atoms with van der Waals surface area (Å²) < 4.78 is 34.0. The molecule has 0 saturated heterocycles. The number of hydrogen-bond acceptors (Lipinski definition) is 4. The van der Waals surface area contributed by atoms with Crippen molar-refractivity contribution in [1.29, 1.82) is 0 Å². The van der Waals surface area contributed by atoms with Gasteiger partial charge in [-0.1, -0.05) is 18.2 Å². The second kappa shape index (κ2) is 5.25. The summed E-state index contributed by atoms with van der Waals surface area (Å²) in [5, 5.41) is 9.53. The third-order valence-corrected chi connectivity index (χ3v) is 3.60. The van der Waals surface area contributed by atoms with Crippen molar-refractivity contribution >= 4 is 13.7 Å². The van der Waals surface area contributed by atoms with Gasteiger partial charge in [0, 0.05) is 19.8 Å². The Balaban J connectivity index is 3.11. The van der Waals surface area contributed by atoms with Crippen LogP contribution in [0, 0.1) is 5.82 Å². The number of rotatable bonds is 4. The molecule has 0 fully saturated rings. The second-order valence-corrected chi connectivity index (χ2v) is 5.07. The normalized spacial score (nSPS) is 12.8. The van der Waals surface area contributed by atoms with Crippen LogP contribution in [0.3, 0.4) is 0 Å². The molecular weight excluding hydrogens is 234 g/mol. The van der Waals surface area contributed by atoms with Crippen LogP contribution in [0.25, 0.3) is 6.08 Å². The molecule has 0 aliphatic carbocycles. The first-order valence-corrected chi connectivity index (χ1v) is 5.95. The maximum absolute atomic E-state index is 13.2. The fourth-order valence-corrected chi connectivity index (χ4v) is 1.89. The predicted molar refractivity (Wildman–Crippen MR) is 58.6 cm³/mol. The van der Waals surface area contributed by atoms with Crippen molar-refractivity contribution in [3.8, 4) is 0 Å². The highest BCUT2D eigenvalue weighted by atomic mass is 31.2. The molecule has 6 heteroatoms. The van der Waals surface area contributed by atoms with Crippen molar-refractivity contribution in [3.05, 3.63) is 41.1 Å². The lowest BCUT2D eigenvalue weighted by Crippen LogP contribution is -1.93. The summed E-state index contributed by atoms with van der Waals surface area (Å²) in [6.07, 6.45) is 1.02. The summed E-state index contributed by atoms with van der Waals surface area (Å²) in [6, 6.07) is 5.76. The second-order valence-electron chi connectivity index (χ2n) is 2.89. The van der Waals surface area contributed by atoms with E-state index in [1.54, 1.807) is 6.07 Å². The Labute approximate surface area is 92.9 Å². The van der Waals surface area contributed by atoms with Crippen LogP contribution in [0.5, 0.6) is 0 Å². The van der Waals surface area contributed by atoms with Gasteiger partial charge in [-0.15, -0.1) is 0 Å². The van der Waals surface area contributed by atoms with E-state index in [4.69, 9.17) is 0 Å². The average Bonchev–Trinajstić information content (AvgIpc) is 2.31. The number of halogens is 1. The molecule has 16 heavy (non-hydrogen) atoms. The highest BCUT2D eigenvalue weighted by molar-refractivity contribution is 7.58. The van der Waals surface area contributed by atoms with Crippen LogP contribution in [0.15, 0.2) is 29.8 Å². The van der Waals surface area contributed by atoms with E-state index in [-0.39, 0.29) is 5.56 Å². The van der Waals surface area contributed by atoms with Crippen LogP contribution in [0.1, 0.15) is 5.56 Å². The first-order chi connectivity index (χ1) is 7.53. The molecule has 1 rings (SSSR count). The highest BCUT2D eigenvalue weighted by Gasteiger charge is 2.27. The van der Waals surface area contributed by atoms with Gasteiger partial charge >= 0.3 is 7.60 Å². The standard InChI is InChI=1S/C10H12FO4P/c1-14-16(13,15-2)10(12)7-8-5-3-4-6-9(8)11/h3-7,12H,1-2H3/b10-7+. The first-order valence-electron chi connectivity index (χ1n) is 4.41. The lowest BCUT2D eigenvalue weighted by Gasteiger charge is -2.12. The molecule has 4 nitrogen and oxygen atoms in total. The van der Waals surface area contributed by atoms with Gasteiger partial charge in [0.1, 0.15) is 5.82 Å². The maximum atomic E-state index is 13.2. The van der Waals surface area contributed by atoms with Crippen molar-refractivity contribution in [2.45, 2.75) is 0 Å². The molecule has 0 aliphatic heterocycles. The van der Waals surface area contributed by atoms with E-state index < -0.39 is 18.9 Å². The maximum Gasteiger partial charge on any atom is 0.394 e. The van der Waals surface area contributed by atoms with Crippen LogP contribution in [-0.2, 0) is 13.6 Å². The zero-order valence-electron chi connectivity index (χ0n) is 8.88. The fraction of sp³-hybridized carbons (Fsp3) is 0.200. The van der Waals surface area contributed by atoms with E-state index in [1.165, 1.54) is 18.2 Å². The van der Waals surface area contributed by atoms with Gasteiger partial charge in [-0.3, -0.25) is 4.57 Å². The smallest absolute Gasteiger partial charge is 0.394 e. The third kappa shape index (κ3) is 2.70. The summed E-state index contributed by atoms with van der Waals surface area (Å²) in [7, 11) is -1.44. The van der Waals surface area contributed by atoms with E-state index in [2.05, 4.69) is 9.05 Å². The van der Waals surface area contributed by atoms with Gasteiger partial charge in [0.25, 0.3) is 0 Å². The molecular formula is C10H12FO4P. The Morgan fingerprint density at radius 3 is 2.44 bits per heavy atom. The van der Waals surface area contributed by atoms with E-state index in [0.717, 1.165) is 20.3 Å². The van der Waals surface area contributed by atoms with Crippen LogP contribution >= 0.6 is 7.60 Å². The number of aliphatic hydroxyl groups is 1. The van der Waals surface area contributed by atoms with Gasteiger partial charge in [-0.25, -0.2) is 4.39 Å². The molecule has 0 unspecified atom stereocenters. The van der Waals surface area contributed by atoms with Crippen molar-refractivity contribution in [2.75, 3.05) is 14.2 Å². The molecule has 0 heterocycles. The molecule has 0 aliphatic rings. The Kier molecular flexibility index (Phi) is 4.24. The summed E-state index contributed by atoms with van der Waals surface area (Å²) in [6.45, 7) is 0. The van der Waals surface area contributed by atoms with Crippen LogP contribution < -0.4 is 0 Å². The lowest BCUT2D eigenvalue weighted by atomic mass is 10.2. The molecule has 0 bridgehead atoms. The van der Waals surface area contributed by atoms with Gasteiger partial charge in [0.15, 0.2) is 0 Å². The summed E-state index contributed by atoms with van der Waals surface area (Å²) in [5.74, 6) is -0.534. The molecule has 1 aromatic rings. The fourth-order valence-electron chi connectivity index (χ4n) is 1.07. The van der Waals surface area contributed by atoms with Gasteiger partial charge in [-0.05, 0) is 12.1 Å². The Morgan fingerprint density at radius 1 is 1.38 bits per heavy atom. The van der Waals surface area contributed by atoms with Crippen molar-refractivity contribution in [3.63, 3.8) is 0 Å². The van der Waals surface area contributed by atoms with E-state index >= 15 is 0 Å². The van der Waals surface area contributed by atoms with Gasteiger partial charge in [-0.2, -0.15) is 0 Å². The van der Waals surface area contributed by atoms with E-state index in [9.17, 15) is 14.1 Å². The number of aliphatic hydroxyl groups excluding tert-OH is 1. The molecule has 0 radical (unpaired) electrons. The molecule has 88 valence electrons. The minimum Gasteiger partial charge on any atom is -0.501 e. The van der Waals surface area contributed by atoms with E-state index in [0.29, 0.717) is 0 Å². The Bertz CT molecular complexity index is 436. The van der Waals surface area contributed by atoms with Gasteiger partial charge in [0.05, 0.1) is 0 Å². The topological polar surface area (TPSA) is 55.8 Å². The highest BCUT2D eigenvalue weighted by Crippen LogP contribution is 2.53. The quantitative estimate of drug-likeness (QED) is 0.654. The van der Waals surface area contributed by atoms with Gasteiger partial charge in [0.2, 0.25) is 5.50 Å². The zero-order valence-corrected chi connectivity index (χ0v) is 9.78. The molecule has 0 spiro atoms. The van der Waals surface area contributed by atoms with Crippen LogP contribution in [0.2, 0.25) is 0 Å². The minimum absolute atomic E-state index is 0.106. The first kappa shape index (κ1) is 12.9. The Hall–Kier alpha value is -1.16. The lowest BCUT2D eigenvalue weighted by molar-refractivity contribution is 0.262. The molecule has 0 amide bonds. The summed E-state index contributed by atoms with van der Waals surface area (Å²) in [5.41, 5.74) is -0.531. The molecule has 0 saturated carbocycles. The SMILES string of the molecule is COP(=O)(OC)/C(O)=C/c1ccccc1F. The van der Waals surface area contributed by atoms with Crippen molar-refractivity contribution < 1.29 is 23.1 Å². The summed E-state index contributed by atoms with van der Waals surface area (Å²) >= 11 is 0. The monoisotopic (exact) mass is 246 g/mol. The summed E-state index contributed by atoms with van der Waals surface area (Å²) in [4.78, 5) is 0. The zero-order chi connectivity index (χ0) is 12.2. The van der Waals surface area contributed by atoms with Crippen LogP contribution in [-0.4, -0.2) is 19.3 Å². The minimum atomic E-state index is -3.71.